The van der Waals surface area contributed by atoms with E-state index in [0.29, 0.717) is 0 Å². The molecular formula is C52H32N2O. The summed E-state index contributed by atoms with van der Waals surface area (Å²) in [5.74, 6) is 0. The molecule has 3 aromatic heterocycles. The molecule has 55 heavy (non-hydrogen) atoms. The van der Waals surface area contributed by atoms with Crippen LogP contribution in [0, 0.1) is 0 Å². The molecule has 9 aromatic carbocycles. The fourth-order valence-electron chi connectivity index (χ4n) is 8.94. The zero-order valence-corrected chi connectivity index (χ0v) is 29.8. The Bertz CT molecular complexity index is 3380. The van der Waals surface area contributed by atoms with Crippen LogP contribution in [0.3, 0.4) is 0 Å². The third-order valence-electron chi connectivity index (χ3n) is 11.5. The highest BCUT2D eigenvalue weighted by Gasteiger charge is 2.20. The molecule has 0 saturated heterocycles. The van der Waals surface area contributed by atoms with Crippen molar-refractivity contribution in [3.05, 3.63) is 194 Å². The van der Waals surface area contributed by atoms with Gasteiger partial charge in [-0.1, -0.05) is 133 Å². The van der Waals surface area contributed by atoms with Crippen LogP contribution in [0.5, 0.6) is 0 Å². The van der Waals surface area contributed by atoms with Gasteiger partial charge >= 0.3 is 0 Å². The number of aromatic nitrogens is 2. The minimum Gasteiger partial charge on any atom is -0.439 e. The van der Waals surface area contributed by atoms with Crippen LogP contribution < -0.4 is 0 Å². The van der Waals surface area contributed by atoms with Crippen LogP contribution in [0.1, 0.15) is 0 Å². The van der Waals surface area contributed by atoms with E-state index < -0.39 is 0 Å². The summed E-state index contributed by atoms with van der Waals surface area (Å²) in [6, 6.07) is 70.3. The summed E-state index contributed by atoms with van der Waals surface area (Å²) in [4.78, 5) is 0. The monoisotopic (exact) mass is 700 g/mol. The van der Waals surface area contributed by atoms with E-state index >= 15 is 0 Å². The Hall–Kier alpha value is -7.36. The summed E-state index contributed by atoms with van der Waals surface area (Å²) in [5, 5.41) is 10.9. The zero-order valence-electron chi connectivity index (χ0n) is 29.8. The first-order valence-corrected chi connectivity index (χ1v) is 18.8. The summed E-state index contributed by atoms with van der Waals surface area (Å²) in [5.41, 5.74) is 12.4. The molecule has 3 nitrogen and oxygen atoms in total. The molecule has 0 unspecified atom stereocenters. The van der Waals surface area contributed by atoms with E-state index in [0.717, 1.165) is 39.0 Å². The van der Waals surface area contributed by atoms with Crippen molar-refractivity contribution in [2.24, 2.45) is 0 Å². The highest BCUT2D eigenvalue weighted by Crippen LogP contribution is 2.41. The third kappa shape index (κ3) is 4.50. The number of furan rings is 1. The van der Waals surface area contributed by atoms with Crippen molar-refractivity contribution >= 4 is 76.3 Å². The summed E-state index contributed by atoms with van der Waals surface area (Å²) < 4.78 is 11.2. The smallest absolute Gasteiger partial charge is 0.213 e. The average molecular weight is 701 g/mol. The predicted octanol–water partition coefficient (Wildman–Crippen LogP) is 14.3. The largest absolute Gasteiger partial charge is 0.439 e. The molecule has 0 fully saturated rings. The molecule has 0 N–H and O–H groups in total. The predicted molar refractivity (Wildman–Crippen MR) is 231 cm³/mol. The van der Waals surface area contributed by atoms with Gasteiger partial charge in [0, 0.05) is 32.9 Å². The topological polar surface area (TPSA) is 23.0 Å². The fraction of sp³-hybridized carbons (Fsp3) is 0. The normalized spacial score (nSPS) is 12.0. The van der Waals surface area contributed by atoms with Crippen LogP contribution >= 0.6 is 0 Å². The van der Waals surface area contributed by atoms with Crippen LogP contribution in [0.4, 0.5) is 0 Å². The first-order valence-electron chi connectivity index (χ1n) is 18.8. The Morgan fingerprint density at radius 3 is 1.44 bits per heavy atom. The lowest BCUT2D eigenvalue weighted by Gasteiger charge is -2.12. The molecular weight excluding hydrogens is 669 g/mol. The molecule has 0 aliphatic carbocycles. The molecule has 0 atom stereocenters. The molecule has 0 bridgehead atoms. The highest BCUT2D eigenvalue weighted by molar-refractivity contribution is 6.20. The van der Waals surface area contributed by atoms with Gasteiger partial charge in [-0.3, -0.25) is 4.57 Å². The number of hydrogen-bond acceptors (Lipinski definition) is 1. The first-order chi connectivity index (χ1) is 27.3. The Morgan fingerprint density at radius 1 is 0.309 bits per heavy atom. The van der Waals surface area contributed by atoms with E-state index in [9.17, 15) is 0 Å². The second-order valence-corrected chi connectivity index (χ2v) is 14.5. The molecule has 0 aliphatic heterocycles. The van der Waals surface area contributed by atoms with Gasteiger partial charge in [-0.05, 0) is 104 Å². The van der Waals surface area contributed by atoms with E-state index in [2.05, 4.69) is 197 Å². The average Bonchev–Trinajstić information content (AvgIpc) is 3.90. The first kappa shape index (κ1) is 30.1. The Morgan fingerprint density at radius 2 is 0.818 bits per heavy atom. The summed E-state index contributed by atoms with van der Waals surface area (Å²) in [7, 11) is 0. The Balaban J connectivity index is 1.02. The molecule has 12 rings (SSSR count). The third-order valence-corrected chi connectivity index (χ3v) is 11.5. The number of benzene rings is 9. The van der Waals surface area contributed by atoms with E-state index in [1.165, 1.54) is 71.0 Å². The maximum Gasteiger partial charge on any atom is 0.213 e. The van der Waals surface area contributed by atoms with Gasteiger partial charge in [0.1, 0.15) is 5.58 Å². The molecule has 0 spiro atoms. The van der Waals surface area contributed by atoms with Gasteiger partial charge in [0.2, 0.25) is 5.71 Å². The molecule has 0 saturated carbocycles. The number of nitrogens with zero attached hydrogens (tertiary/aromatic N) is 2. The SMILES string of the molecule is c1ccc(-c2ccc3c(c2)c2cc(-c4ccccc4)ccc2n3-c2ccc3c(ccc4cc(-n5c6ccccc6c6c7ccccc7oc65)ccc43)c2)cc1. The zero-order chi connectivity index (χ0) is 36.0. The van der Waals surface area contributed by atoms with Gasteiger partial charge in [0.05, 0.1) is 21.9 Å². The lowest BCUT2D eigenvalue weighted by molar-refractivity contribution is 0.645. The number of rotatable bonds is 4. The van der Waals surface area contributed by atoms with Crippen molar-refractivity contribution in [3.8, 4) is 33.6 Å². The van der Waals surface area contributed by atoms with Crippen molar-refractivity contribution in [2.75, 3.05) is 0 Å². The molecule has 0 radical (unpaired) electrons. The number of para-hydroxylation sites is 2. The Labute approximate surface area is 316 Å². The highest BCUT2D eigenvalue weighted by atomic mass is 16.3. The van der Waals surface area contributed by atoms with Gasteiger partial charge < -0.3 is 8.98 Å². The molecule has 3 heteroatoms. The minimum atomic E-state index is 0.880. The summed E-state index contributed by atoms with van der Waals surface area (Å²) in [6.45, 7) is 0. The van der Waals surface area contributed by atoms with E-state index in [1.54, 1.807) is 0 Å². The number of hydrogen-bond donors (Lipinski definition) is 0. The van der Waals surface area contributed by atoms with Crippen molar-refractivity contribution in [1.82, 2.24) is 9.13 Å². The van der Waals surface area contributed by atoms with Crippen LogP contribution in [-0.2, 0) is 0 Å². The van der Waals surface area contributed by atoms with Gasteiger partial charge in [0.25, 0.3) is 0 Å². The summed E-state index contributed by atoms with van der Waals surface area (Å²) >= 11 is 0. The van der Waals surface area contributed by atoms with E-state index in [4.69, 9.17) is 4.42 Å². The van der Waals surface area contributed by atoms with Crippen LogP contribution in [0.2, 0.25) is 0 Å². The van der Waals surface area contributed by atoms with Gasteiger partial charge in [-0.15, -0.1) is 0 Å². The van der Waals surface area contributed by atoms with Crippen LogP contribution in [0.15, 0.2) is 199 Å². The fourth-order valence-corrected chi connectivity index (χ4v) is 8.94. The van der Waals surface area contributed by atoms with Crippen LogP contribution in [-0.4, -0.2) is 9.13 Å². The summed E-state index contributed by atoms with van der Waals surface area (Å²) in [6.07, 6.45) is 0. The van der Waals surface area contributed by atoms with Gasteiger partial charge in [-0.2, -0.15) is 0 Å². The maximum atomic E-state index is 6.53. The standard InChI is InChI=1S/C52H32N2O/c1-3-11-33(12-4-1)35-21-27-48-45(31-35)46-32-36(34-13-5-2-6-14-34)22-28-49(46)53(48)39-23-25-41-37(29-39)19-20-38-30-40(24-26-42(38)41)54-47-17-9-7-15-43(47)51-44-16-8-10-18-50(44)55-52(51)54/h1-32H. The lowest BCUT2D eigenvalue weighted by Crippen LogP contribution is -1.95. The lowest BCUT2D eigenvalue weighted by atomic mass is 10.0. The Kier molecular flexibility index (Phi) is 6.34. The molecule has 3 heterocycles. The van der Waals surface area contributed by atoms with Crippen LogP contribution in [0.25, 0.3) is 110 Å². The van der Waals surface area contributed by atoms with Gasteiger partial charge in [0.15, 0.2) is 0 Å². The second kappa shape index (κ2) is 11.6. The quantitative estimate of drug-likeness (QED) is 0.168. The second-order valence-electron chi connectivity index (χ2n) is 14.5. The van der Waals surface area contributed by atoms with E-state index in [-0.39, 0.29) is 0 Å². The number of fused-ring (bicyclic) bond motifs is 11. The van der Waals surface area contributed by atoms with Crippen molar-refractivity contribution in [3.63, 3.8) is 0 Å². The van der Waals surface area contributed by atoms with Crippen molar-refractivity contribution in [1.29, 1.82) is 0 Å². The van der Waals surface area contributed by atoms with Crippen molar-refractivity contribution in [2.45, 2.75) is 0 Å². The van der Waals surface area contributed by atoms with Crippen molar-refractivity contribution < 1.29 is 4.42 Å². The maximum absolute atomic E-state index is 6.53. The minimum absolute atomic E-state index is 0.880. The van der Waals surface area contributed by atoms with E-state index in [1.807, 2.05) is 6.07 Å². The molecule has 0 aliphatic rings. The molecule has 256 valence electrons. The molecule has 12 aromatic rings. The molecule has 0 amide bonds. The van der Waals surface area contributed by atoms with Gasteiger partial charge in [-0.25, -0.2) is 0 Å².